The van der Waals surface area contributed by atoms with Crippen molar-refractivity contribution in [1.82, 2.24) is 19.5 Å². The van der Waals surface area contributed by atoms with E-state index in [4.69, 9.17) is 19.7 Å². The third kappa shape index (κ3) is 6.28. The zero-order valence-electron chi connectivity index (χ0n) is 32.3. The van der Waals surface area contributed by atoms with E-state index in [1.165, 1.54) is 22.1 Å². The van der Waals surface area contributed by atoms with E-state index in [0.29, 0.717) is 6.67 Å². The van der Waals surface area contributed by atoms with E-state index in [0.717, 1.165) is 56.7 Å². The van der Waals surface area contributed by atoms with Crippen LogP contribution in [0.25, 0.3) is 27.6 Å². The Balaban J connectivity index is 1.15. The van der Waals surface area contributed by atoms with Crippen LogP contribution in [0, 0.1) is 0 Å². The van der Waals surface area contributed by atoms with Gasteiger partial charge < -0.3 is 14.5 Å². The summed E-state index contributed by atoms with van der Waals surface area (Å²) in [6.07, 6.45) is 5.80. The summed E-state index contributed by atoms with van der Waals surface area (Å²) in [6.45, 7) is 20.8. The van der Waals surface area contributed by atoms with Crippen molar-refractivity contribution in [3.05, 3.63) is 132 Å². The summed E-state index contributed by atoms with van der Waals surface area (Å²) >= 11 is 0. The molecule has 0 amide bonds. The Bertz CT molecular complexity index is 2490. The van der Waals surface area contributed by atoms with Crippen LogP contribution in [0.5, 0.6) is 11.5 Å². The molecular weight excluding hydrogens is 653 g/mol. The van der Waals surface area contributed by atoms with E-state index < -0.39 is 0 Å². The van der Waals surface area contributed by atoms with Crippen LogP contribution in [-0.2, 0) is 16.2 Å². The SMILES string of the molecule is CC(C)(C)c1ccnc(-n2c3ccccc3c3ccc(Oc4cccc(N5CN(c6ncc(C(C)(C)C)cc6C(C)(C)C)c6cccnc65)c4)cc32)c1. The minimum absolute atomic E-state index is 0.000417. The third-order valence-corrected chi connectivity index (χ3v) is 10.2. The molecule has 0 aliphatic carbocycles. The predicted octanol–water partition coefficient (Wildman–Crippen LogP) is 11.9. The lowest BCUT2D eigenvalue weighted by atomic mass is 9.81. The molecule has 0 saturated heterocycles. The quantitative estimate of drug-likeness (QED) is 0.178. The van der Waals surface area contributed by atoms with Gasteiger partial charge in [-0.25, -0.2) is 15.0 Å². The number of hydrogen-bond acceptors (Lipinski definition) is 6. The second kappa shape index (κ2) is 12.5. The number of para-hydroxylation sites is 1. The Morgan fingerprint density at radius 2 is 1.30 bits per heavy atom. The fourth-order valence-electron chi connectivity index (χ4n) is 7.23. The molecule has 0 unspecified atom stereocenters. The van der Waals surface area contributed by atoms with Gasteiger partial charge in [-0.1, -0.05) is 86.6 Å². The second-order valence-corrected chi connectivity index (χ2v) is 17.2. The molecule has 5 heterocycles. The van der Waals surface area contributed by atoms with Crippen molar-refractivity contribution < 1.29 is 4.74 Å². The molecule has 0 bridgehead atoms. The van der Waals surface area contributed by atoms with Gasteiger partial charge in [0.15, 0.2) is 5.82 Å². The van der Waals surface area contributed by atoms with Gasteiger partial charge >= 0.3 is 0 Å². The van der Waals surface area contributed by atoms with Gasteiger partial charge in [-0.3, -0.25) is 4.57 Å². The molecule has 8 rings (SSSR count). The third-order valence-electron chi connectivity index (χ3n) is 10.2. The van der Waals surface area contributed by atoms with Crippen molar-refractivity contribution in [3.63, 3.8) is 0 Å². The molecule has 7 aromatic rings. The van der Waals surface area contributed by atoms with Gasteiger partial charge in [0.2, 0.25) is 0 Å². The lowest BCUT2D eigenvalue weighted by Gasteiger charge is -2.30. The van der Waals surface area contributed by atoms with Crippen LogP contribution in [0.4, 0.5) is 23.0 Å². The first kappa shape index (κ1) is 34.4. The fourth-order valence-corrected chi connectivity index (χ4v) is 7.23. The average Bonchev–Trinajstić information content (AvgIpc) is 3.66. The minimum atomic E-state index is -0.106. The van der Waals surface area contributed by atoms with Crippen molar-refractivity contribution in [2.24, 2.45) is 0 Å². The number of benzene rings is 3. The molecule has 1 aliphatic rings. The molecule has 0 fully saturated rings. The monoisotopic (exact) mass is 700 g/mol. The van der Waals surface area contributed by atoms with E-state index in [9.17, 15) is 0 Å². The molecule has 0 radical (unpaired) electrons. The summed E-state index contributed by atoms with van der Waals surface area (Å²) in [5, 5.41) is 2.34. The molecule has 7 heteroatoms. The maximum atomic E-state index is 6.65. The highest BCUT2D eigenvalue weighted by Gasteiger charge is 2.34. The molecule has 4 aromatic heterocycles. The zero-order valence-corrected chi connectivity index (χ0v) is 32.3. The van der Waals surface area contributed by atoms with E-state index in [2.05, 4.69) is 156 Å². The van der Waals surface area contributed by atoms with E-state index >= 15 is 0 Å². The largest absolute Gasteiger partial charge is 0.457 e. The van der Waals surface area contributed by atoms with Gasteiger partial charge in [-0.2, -0.15) is 0 Å². The Morgan fingerprint density at radius 1 is 0.547 bits per heavy atom. The fraction of sp³-hybridized carbons (Fsp3) is 0.283. The Morgan fingerprint density at radius 3 is 2.08 bits per heavy atom. The van der Waals surface area contributed by atoms with Crippen molar-refractivity contribution in [2.45, 2.75) is 78.6 Å². The number of aromatic nitrogens is 4. The van der Waals surface area contributed by atoms with Crippen molar-refractivity contribution in [2.75, 3.05) is 16.5 Å². The highest BCUT2D eigenvalue weighted by atomic mass is 16.5. The summed E-state index contributed by atoms with van der Waals surface area (Å²) in [4.78, 5) is 19.4. The minimum Gasteiger partial charge on any atom is -0.457 e. The topological polar surface area (TPSA) is 59.3 Å². The summed E-state index contributed by atoms with van der Waals surface area (Å²) in [5.41, 5.74) is 7.76. The summed E-state index contributed by atoms with van der Waals surface area (Å²) < 4.78 is 8.90. The van der Waals surface area contributed by atoms with Gasteiger partial charge in [0.25, 0.3) is 0 Å². The van der Waals surface area contributed by atoms with Gasteiger partial charge in [-0.05, 0) is 88.0 Å². The number of hydrogen-bond donors (Lipinski definition) is 0. The van der Waals surface area contributed by atoms with E-state index in [-0.39, 0.29) is 16.2 Å². The van der Waals surface area contributed by atoms with E-state index in [1.807, 2.05) is 36.8 Å². The maximum Gasteiger partial charge on any atom is 0.158 e. The normalized spacial score (nSPS) is 13.6. The van der Waals surface area contributed by atoms with Gasteiger partial charge in [-0.15, -0.1) is 0 Å². The van der Waals surface area contributed by atoms with Crippen LogP contribution in [0.3, 0.4) is 0 Å². The molecule has 0 atom stereocenters. The van der Waals surface area contributed by atoms with Crippen molar-refractivity contribution in [3.8, 4) is 17.3 Å². The molecule has 0 saturated carbocycles. The summed E-state index contributed by atoms with van der Waals surface area (Å²) in [7, 11) is 0. The number of pyridine rings is 3. The summed E-state index contributed by atoms with van der Waals surface area (Å²) in [6, 6.07) is 33.9. The van der Waals surface area contributed by atoms with Crippen LogP contribution < -0.4 is 14.5 Å². The number of anilines is 4. The Kier molecular flexibility index (Phi) is 8.09. The van der Waals surface area contributed by atoms with Crippen LogP contribution >= 0.6 is 0 Å². The highest BCUT2D eigenvalue weighted by molar-refractivity contribution is 6.09. The highest BCUT2D eigenvalue weighted by Crippen LogP contribution is 2.46. The van der Waals surface area contributed by atoms with E-state index in [1.54, 1.807) is 0 Å². The van der Waals surface area contributed by atoms with Crippen LogP contribution in [0.15, 0.2) is 116 Å². The summed E-state index contributed by atoms with van der Waals surface area (Å²) in [5.74, 6) is 4.24. The zero-order chi connectivity index (χ0) is 37.3. The standard InChI is InChI=1S/C46H48N6O/c1-44(2,3)30-21-23-47-41(25-30)52-38-17-11-10-16-35(38)36-20-19-34(27-40(36)52)53-33-15-12-14-32(26-33)50-29-51(39-18-13-22-48-43(39)50)42-37(46(7,8)9)24-31(28-49-42)45(4,5)6/h10-28H,29H2,1-9H3. The first-order valence-electron chi connectivity index (χ1n) is 18.5. The maximum absolute atomic E-state index is 6.65. The first-order valence-corrected chi connectivity index (χ1v) is 18.5. The van der Waals surface area contributed by atoms with Crippen LogP contribution in [0.2, 0.25) is 0 Å². The second-order valence-electron chi connectivity index (χ2n) is 17.2. The molecule has 7 nitrogen and oxygen atoms in total. The van der Waals surface area contributed by atoms with Crippen LogP contribution in [0.1, 0.15) is 79.0 Å². The van der Waals surface area contributed by atoms with Gasteiger partial charge in [0, 0.05) is 52.7 Å². The lowest BCUT2D eigenvalue weighted by Crippen LogP contribution is -2.28. The molecule has 3 aromatic carbocycles. The molecule has 53 heavy (non-hydrogen) atoms. The number of ether oxygens (including phenoxy) is 1. The predicted molar refractivity (Wildman–Crippen MR) is 219 cm³/mol. The molecule has 0 N–H and O–H groups in total. The number of fused-ring (bicyclic) bond motifs is 4. The van der Waals surface area contributed by atoms with Crippen LogP contribution in [-0.4, -0.2) is 26.2 Å². The molecular formula is C46H48N6O. The molecule has 0 spiro atoms. The average molecular weight is 701 g/mol. The first-order chi connectivity index (χ1) is 25.2. The van der Waals surface area contributed by atoms with Gasteiger partial charge in [0.05, 0.1) is 16.7 Å². The Labute approximate surface area is 312 Å². The van der Waals surface area contributed by atoms with Crippen molar-refractivity contribution >= 4 is 44.8 Å². The lowest BCUT2D eigenvalue weighted by molar-refractivity contribution is 0.483. The van der Waals surface area contributed by atoms with Crippen molar-refractivity contribution in [1.29, 1.82) is 0 Å². The Hall–Kier alpha value is -5.69. The number of rotatable bonds is 5. The number of nitrogens with zero attached hydrogens (tertiary/aromatic N) is 6. The van der Waals surface area contributed by atoms with Gasteiger partial charge in [0.1, 0.15) is 29.8 Å². The molecule has 268 valence electrons. The smallest absolute Gasteiger partial charge is 0.158 e. The molecule has 1 aliphatic heterocycles.